The number of imidazole rings is 1. The number of aryl methyl sites for hydroxylation is 2. The van der Waals surface area contributed by atoms with Gasteiger partial charge >= 0.3 is 0 Å². The molecule has 0 aliphatic heterocycles. The molecule has 0 bridgehead atoms. The zero-order valence-electron chi connectivity index (χ0n) is 17.3. The van der Waals surface area contributed by atoms with E-state index in [-0.39, 0.29) is 11.9 Å². The molecule has 1 amide bonds. The van der Waals surface area contributed by atoms with Crippen LogP contribution in [0.1, 0.15) is 34.6 Å². The summed E-state index contributed by atoms with van der Waals surface area (Å²) in [4.78, 5) is 31.4. The number of carbonyl (C=O) groups is 1. The predicted molar refractivity (Wildman–Crippen MR) is 122 cm³/mol. The number of nitrogens with one attached hydrogen (secondary N) is 1. The third kappa shape index (κ3) is 3.55. The van der Waals surface area contributed by atoms with Gasteiger partial charge in [0.05, 0.1) is 29.6 Å². The Kier molecular flexibility index (Phi) is 4.71. The highest BCUT2D eigenvalue weighted by atomic mass is 32.1. The largest absolute Gasteiger partial charge is 0.345 e. The lowest BCUT2D eigenvalue weighted by atomic mass is 10.0. The van der Waals surface area contributed by atoms with Gasteiger partial charge in [-0.1, -0.05) is 29.5 Å². The van der Waals surface area contributed by atoms with Crippen LogP contribution in [0.4, 0.5) is 0 Å². The molecule has 0 aliphatic carbocycles. The number of aromatic nitrogens is 5. The van der Waals surface area contributed by atoms with Crippen LogP contribution in [0.25, 0.3) is 32.0 Å². The van der Waals surface area contributed by atoms with E-state index in [1.165, 1.54) is 0 Å². The number of nitrogens with zero attached hydrogens (tertiary/aromatic N) is 5. The Hall–Kier alpha value is -3.65. The second-order valence-electron chi connectivity index (χ2n) is 7.53. The number of hydrogen-bond donors (Lipinski definition) is 1. The minimum atomic E-state index is -0.162. The van der Waals surface area contributed by atoms with Crippen molar-refractivity contribution in [1.29, 1.82) is 0 Å². The van der Waals surface area contributed by atoms with Crippen molar-refractivity contribution in [2.75, 3.05) is 0 Å². The maximum atomic E-state index is 12.6. The SMILES string of the molecule is Cc1ccc(C(=O)N[C@@H](C)c2cccc(-c3nc4c(ncc5ncn(C)c54)s3)c2)cn1. The summed E-state index contributed by atoms with van der Waals surface area (Å²) >= 11 is 1.55. The van der Waals surface area contributed by atoms with Crippen LogP contribution < -0.4 is 5.32 Å². The number of fused-ring (bicyclic) bond motifs is 3. The normalized spacial score (nSPS) is 12.4. The number of rotatable bonds is 4. The van der Waals surface area contributed by atoms with Crippen LogP contribution in [-0.4, -0.2) is 30.4 Å². The Morgan fingerprint density at radius 1 is 1.13 bits per heavy atom. The first-order valence-corrected chi connectivity index (χ1v) is 10.7. The molecule has 0 radical (unpaired) electrons. The number of pyridine rings is 2. The van der Waals surface area contributed by atoms with Crippen LogP contribution in [0.5, 0.6) is 0 Å². The molecule has 1 N–H and O–H groups in total. The Morgan fingerprint density at radius 3 is 2.81 bits per heavy atom. The minimum absolute atomic E-state index is 0.145. The van der Waals surface area contributed by atoms with Gasteiger partial charge in [0.25, 0.3) is 5.91 Å². The highest BCUT2D eigenvalue weighted by Gasteiger charge is 2.16. The summed E-state index contributed by atoms with van der Waals surface area (Å²) < 4.78 is 1.97. The fourth-order valence-corrected chi connectivity index (χ4v) is 4.44. The molecule has 154 valence electrons. The van der Waals surface area contributed by atoms with Crippen molar-refractivity contribution in [1.82, 2.24) is 29.8 Å². The van der Waals surface area contributed by atoms with Gasteiger partial charge in [-0.3, -0.25) is 9.78 Å². The molecular weight excluding hydrogens is 408 g/mol. The molecule has 7 nitrogen and oxygen atoms in total. The highest BCUT2D eigenvalue weighted by Crippen LogP contribution is 2.33. The van der Waals surface area contributed by atoms with Crippen LogP contribution in [-0.2, 0) is 7.05 Å². The van der Waals surface area contributed by atoms with Crippen molar-refractivity contribution in [3.63, 3.8) is 0 Å². The van der Waals surface area contributed by atoms with E-state index in [0.717, 1.165) is 43.2 Å². The summed E-state index contributed by atoms with van der Waals surface area (Å²) in [5, 5.41) is 3.93. The number of thiazole rings is 1. The van der Waals surface area contributed by atoms with E-state index in [1.54, 1.807) is 36.1 Å². The van der Waals surface area contributed by atoms with E-state index < -0.39 is 0 Å². The third-order valence-corrected chi connectivity index (χ3v) is 6.27. The lowest BCUT2D eigenvalue weighted by Gasteiger charge is -2.15. The van der Waals surface area contributed by atoms with Gasteiger partial charge in [-0.25, -0.2) is 15.0 Å². The molecule has 0 saturated heterocycles. The quantitative estimate of drug-likeness (QED) is 0.457. The maximum absolute atomic E-state index is 12.6. The minimum Gasteiger partial charge on any atom is -0.345 e. The fraction of sp³-hybridized carbons (Fsp3) is 0.174. The van der Waals surface area contributed by atoms with Gasteiger partial charge in [0.2, 0.25) is 0 Å². The summed E-state index contributed by atoms with van der Waals surface area (Å²) in [5.41, 5.74) is 6.10. The zero-order valence-corrected chi connectivity index (χ0v) is 18.1. The predicted octanol–water partition coefficient (Wildman–Crippen LogP) is 4.44. The number of amides is 1. The Balaban J connectivity index is 1.44. The standard InChI is InChI=1S/C23H20N6OS/c1-13-7-8-17(10-24-13)21(30)27-14(2)15-5-4-6-16(9-15)22-28-19-20-18(26-12-29(20)3)11-25-23(19)31-22/h4-12,14H,1-3H3,(H,27,30)/t14-/m0/s1. The maximum Gasteiger partial charge on any atom is 0.253 e. The first-order chi connectivity index (χ1) is 15.0. The molecule has 0 unspecified atom stereocenters. The van der Waals surface area contributed by atoms with Gasteiger partial charge in [0, 0.05) is 24.5 Å². The van der Waals surface area contributed by atoms with Crippen molar-refractivity contribution >= 4 is 38.6 Å². The van der Waals surface area contributed by atoms with Crippen LogP contribution in [0.15, 0.2) is 55.1 Å². The summed E-state index contributed by atoms with van der Waals surface area (Å²) in [6.45, 7) is 3.87. The monoisotopic (exact) mass is 428 g/mol. The van der Waals surface area contributed by atoms with Crippen LogP contribution in [0.3, 0.4) is 0 Å². The van der Waals surface area contributed by atoms with Gasteiger partial charge in [0.15, 0.2) is 0 Å². The fourth-order valence-electron chi connectivity index (χ4n) is 3.53. The lowest BCUT2D eigenvalue weighted by Crippen LogP contribution is -2.26. The smallest absolute Gasteiger partial charge is 0.253 e. The van der Waals surface area contributed by atoms with E-state index in [4.69, 9.17) is 4.98 Å². The second-order valence-corrected chi connectivity index (χ2v) is 8.51. The molecule has 8 heteroatoms. The number of carbonyl (C=O) groups excluding carboxylic acids is 1. The molecule has 1 atom stereocenters. The van der Waals surface area contributed by atoms with Gasteiger partial charge in [-0.15, -0.1) is 0 Å². The van der Waals surface area contributed by atoms with Crippen molar-refractivity contribution < 1.29 is 4.79 Å². The van der Waals surface area contributed by atoms with E-state index in [0.29, 0.717) is 5.56 Å². The van der Waals surface area contributed by atoms with Crippen molar-refractivity contribution in [3.05, 3.63) is 71.9 Å². The summed E-state index contributed by atoms with van der Waals surface area (Å²) in [6, 6.07) is 11.5. The van der Waals surface area contributed by atoms with E-state index in [2.05, 4.69) is 26.3 Å². The van der Waals surface area contributed by atoms with E-state index in [9.17, 15) is 4.79 Å². The van der Waals surface area contributed by atoms with Gasteiger partial charge in [-0.05, 0) is 37.6 Å². The summed E-state index contributed by atoms with van der Waals surface area (Å²) in [5.74, 6) is -0.145. The molecule has 5 aromatic rings. The highest BCUT2D eigenvalue weighted by molar-refractivity contribution is 7.21. The van der Waals surface area contributed by atoms with Crippen molar-refractivity contribution in [2.24, 2.45) is 7.05 Å². The van der Waals surface area contributed by atoms with Crippen molar-refractivity contribution in [3.8, 4) is 10.6 Å². The van der Waals surface area contributed by atoms with Crippen LogP contribution in [0.2, 0.25) is 0 Å². The molecule has 4 heterocycles. The van der Waals surface area contributed by atoms with E-state index in [1.807, 2.05) is 49.7 Å². The third-order valence-electron chi connectivity index (χ3n) is 5.26. The van der Waals surface area contributed by atoms with Gasteiger partial charge in [-0.2, -0.15) is 0 Å². The Bertz CT molecular complexity index is 1420. The average molecular weight is 429 g/mol. The summed E-state index contributed by atoms with van der Waals surface area (Å²) in [7, 11) is 1.96. The number of benzene rings is 1. The topological polar surface area (TPSA) is 85.6 Å². The Morgan fingerprint density at radius 2 is 2.00 bits per heavy atom. The van der Waals surface area contributed by atoms with Crippen molar-refractivity contribution in [2.45, 2.75) is 19.9 Å². The molecule has 0 fully saturated rings. The second kappa shape index (κ2) is 7.55. The molecule has 0 saturated carbocycles. The zero-order chi connectivity index (χ0) is 21.5. The van der Waals surface area contributed by atoms with E-state index >= 15 is 0 Å². The molecular formula is C23H20N6OS. The number of hydrogen-bond acceptors (Lipinski definition) is 6. The Labute approximate surface area is 182 Å². The lowest BCUT2D eigenvalue weighted by molar-refractivity contribution is 0.0939. The molecule has 4 aromatic heterocycles. The molecule has 31 heavy (non-hydrogen) atoms. The van der Waals surface area contributed by atoms with Gasteiger partial charge in [0.1, 0.15) is 20.9 Å². The molecule has 0 aliphatic rings. The van der Waals surface area contributed by atoms with Crippen LogP contribution in [0, 0.1) is 6.92 Å². The average Bonchev–Trinajstić information content (AvgIpc) is 3.37. The first kappa shape index (κ1) is 19.3. The molecule has 0 spiro atoms. The van der Waals surface area contributed by atoms with Crippen LogP contribution >= 0.6 is 11.3 Å². The molecule has 1 aromatic carbocycles. The molecule has 5 rings (SSSR count). The first-order valence-electron chi connectivity index (χ1n) is 9.90. The van der Waals surface area contributed by atoms with Gasteiger partial charge < -0.3 is 9.88 Å². The summed E-state index contributed by atoms with van der Waals surface area (Å²) in [6.07, 6.45) is 5.16.